The fourth-order valence-electron chi connectivity index (χ4n) is 0.931. The highest BCUT2D eigenvalue weighted by molar-refractivity contribution is 9.10. The maximum absolute atomic E-state index is 12.4. The van der Waals surface area contributed by atoms with E-state index in [-0.39, 0.29) is 15.7 Å². The van der Waals surface area contributed by atoms with E-state index < -0.39 is 11.7 Å². The Bertz CT molecular complexity index is 404. The maximum Gasteiger partial charge on any atom is 0.417 e. The molecule has 0 saturated heterocycles. The molecular weight excluding hydrogens is 259 g/mol. The van der Waals surface area contributed by atoms with Gasteiger partial charge in [-0.1, -0.05) is 21.9 Å². The first-order valence-corrected chi connectivity index (χ1v) is 4.28. The largest absolute Gasteiger partial charge is 0.417 e. The van der Waals surface area contributed by atoms with Crippen molar-refractivity contribution in [1.82, 2.24) is 0 Å². The highest BCUT2D eigenvalue weighted by Gasteiger charge is 2.33. The summed E-state index contributed by atoms with van der Waals surface area (Å²) in [6, 6.07) is 2.00. The van der Waals surface area contributed by atoms with Gasteiger partial charge in [-0.3, -0.25) is 0 Å². The van der Waals surface area contributed by atoms with Crippen molar-refractivity contribution in [2.24, 2.45) is 0 Å². The van der Waals surface area contributed by atoms with Gasteiger partial charge in [-0.15, -0.1) is 6.42 Å². The number of benzene rings is 1. The molecule has 0 bridgehead atoms. The third-order valence-corrected chi connectivity index (χ3v) is 2.26. The van der Waals surface area contributed by atoms with Gasteiger partial charge in [0, 0.05) is 15.7 Å². The van der Waals surface area contributed by atoms with Crippen molar-refractivity contribution in [1.29, 1.82) is 0 Å². The van der Waals surface area contributed by atoms with E-state index in [0.717, 1.165) is 12.1 Å². The molecule has 0 radical (unpaired) electrons. The summed E-state index contributed by atoms with van der Waals surface area (Å²) in [6.45, 7) is 0. The lowest BCUT2D eigenvalue weighted by Crippen LogP contribution is -2.07. The molecule has 1 aromatic rings. The minimum atomic E-state index is -4.43. The fraction of sp³-hybridized carbons (Fsp3) is 0.111. The zero-order chi connectivity index (χ0) is 10.9. The Morgan fingerprint density at radius 2 is 1.93 bits per heavy atom. The summed E-state index contributed by atoms with van der Waals surface area (Å²) >= 11 is 2.78. The molecule has 0 spiro atoms. The molecule has 0 atom stereocenters. The second-order valence-corrected chi connectivity index (χ2v) is 3.42. The van der Waals surface area contributed by atoms with Gasteiger partial charge in [-0.25, -0.2) is 0 Å². The van der Waals surface area contributed by atoms with Gasteiger partial charge in [0.25, 0.3) is 0 Å². The summed E-state index contributed by atoms with van der Waals surface area (Å²) in [5, 5.41) is 0. The topological polar surface area (TPSA) is 26.0 Å². The summed E-state index contributed by atoms with van der Waals surface area (Å²) in [5.74, 6) is 2.09. The molecule has 0 heterocycles. The smallest absolute Gasteiger partial charge is 0.398 e. The SMILES string of the molecule is C#Cc1cc(C(F)(F)F)c(Br)cc1N. The van der Waals surface area contributed by atoms with Gasteiger partial charge in [0.15, 0.2) is 0 Å². The van der Waals surface area contributed by atoms with E-state index in [9.17, 15) is 13.2 Å². The standard InChI is InChI=1S/C9H5BrF3N/c1-2-5-3-6(9(11,12)13)7(10)4-8(5)14/h1,3-4H,14H2. The Morgan fingerprint density at radius 3 is 2.36 bits per heavy atom. The molecule has 0 aromatic heterocycles. The van der Waals surface area contributed by atoms with Gasteiger partial charge < -0.3 is 5.73 Å². The summed E-state index contributed by atoms with van der Waals surface area (Å²) in [5.41, 5.74) is 4.77. The van der Waals surface area contributed by atoms with Crippen LogP contribution in [-0.4, -0.2) is 0 Å². The molecule has 74 valence electrons. The molecule has 1 aromatic carbocycles. The van der Waals surface area contributed by atoms with E-state index >= 15 is 0 Å². The van der Waals surface area contributed by atoms with Crippen LogP contribution in [0.5, 0.6) is 0 Å². The predicted molar refractivity (Wildman–Crippen MR) is 51.5 cm³/mol. The van der Waals surface area contributed by atoms with Gasteiger partial charge in [-0.05, 0) is 12.1 Å². The van der Waals surface area contributed by atoms with Gasteiger partial charge in [0.1, 0.15) is 0 Å². The first-order chi connectivity index (χ1) is 6.36. The summed E-state index contributed by atoms with van der Waals surface area (Å²) < 4.78 is 37.0. The normalized spacial score (nSPS) is 11.1. The van der Waals surface area contributed by atoms with Gasteiger partial charge in [0.2, 0.25) is 0 Å². The lowest BCUT2D eigenvalue weighted by molar-refractivity contribution is -0.138. The van der Waals surface area contributed by atoms with Gasteiger partial charge >= 0.3 is 6.18 Å². The Hall–Kier alpha value is -1.15. The van der Waals surface area contributed by atoms with Crippen LogP contribution in [0.15, 0.2) is 16.6 Å². The number of anilines is 1. The fourth-order valence-corrected chi connectivity index (χ4v) is 1.52. The van der Waals surface area contributed by atoms with Crippen LogP contribution in [0.2, 0.25) is 0 Å². The summed E-state index contributed by atoms with van der Waals surface area (Å²) in [4.78, 5) is 0. The zero-order valence-electron chi connectivity index (χ0n) is 6.82. The monoisotopic (exact) mass is 263 g/mol. The summed E-state index contributed by atoms with van der Waals surface area (Å²) in [6.07, 6.45) is 0.568. The lowest BCUT2D eigenvalue weighted by atomic mass is 10.1. The average molecular weight is 264 g/mol. The third kappa shape index (κ3) is 2.02. The Morgan fingerprint density at radius 1 is 1.36 bits per heavy atom. The van der Waals surface area contributed by atoms with Crippen molar-refractivity contribution in [3.05, 3.63) is 27.7 Å². The van der Waals surface area contributed by atoms with Crippen LogP contribution in [0.4, 0.5) is 18.9 Å². The average Bonchev–Trinajstić information content (AvgIpc) is 2.02. The molecule has 5 heteroatoms. The number of alkyl halides is 3. The van der Waals surface area contributed by atoms with E-state index in [4.69, 9.17) is 12.2 Å². The van der Waals surface area contributed by atoms with Crippen LogP contribution >= 0.6 is 15.9 Å². The van der Waals surface area contributed by atoms with Crippen molar-refractivity contribution < 1.29 is 13.2 Å². The molecule has 0 fully saturated rings. The second-order valence-electron chi connectivity index (χ2n) is 2.56. The molecule has 0 saturated carbocycles. The molecule has 0 unspecified atom stereocenters. The van der Waals surface area contributed by atoms with E-state index in [0.29, 0.717) is 0 Å². The molecule has 2 N–H and O–H groups in total. The third-order valence-electron chi connectivity index (χ3n) is 1.60. The van der Waals surface area contributed by atoms with Crippen molar-refractivity contribution in [3.63, 3.8) is 0 Å². The Labute approximate surface area is 87.2 Å². The van der Waals surface area contributed by atoms with E-state index in [1.807, 2.05) is 0 Å². The quantitative estimate of drug-likeness (QED) is 0.565. The van der Waals surface area contributed by atoms with Crippen molar-refractivity contribution in [3.8, 4) is 12.3 Å². The zero-order valence-corrected chi connectivity index (χ0v) is 8.41. The summed E-state index contributed by atoms with van der Waals surface area (Å²) in [7, 11) is 0. The number of rotatable bonds is 0. The molecule has 1 nitrogen and oxygen atoms in total. The Kier molecular flexibility index (Phi) is 2.76. The lowest BCUT2D eigenvalue weighted by Gasteiger charge is -2.10. The minimum absolute atomic E-state index is 0.0422. The first kappa shape index (κ1) is 10.9. The number of halogens is 4. The molecule has 1 rings (SSSR count). The van der Waals surface area contributed by atoms with Crippen molar-refractivity contribution in [2.45, 2.75) is 6.18 Å². The van der Waals surface area contributed by atoms with Crippen LogP contribution < -0.4 is 5.73 Å². The maximum atomic E-state index is 12.4. The highest BCUT2D eigenvalue weighted by Crippen LogP contribution is 2.36. The molecule has 0 amide bonds. The second kappa shape index (κ2) is 3.54. The highest BCUT2D eigenvalue weighted by atomic mass is 79.9. The molecular formula is C9H5BrF3N. The number of terminal acetylenes is 1. The Balaban J connectivity index is 3.41. The van der Waals surface area contributed by atoms with Crippen LogP contribution in [0.1, 0.15) is 11.1 Å². The molecule has 0 aliphatic rings. The molecule has 14 heavy (non-hydrogen) atoms. The number of nitrogen functional groups attached to an aromatic ring is 1. The van der Waals surface area contributed by atoms with E-state index in [1.54, 1.807) is 0 Å². The molecule has 0 aliphatic carbocycles. The first-order valence-electron chi connectivity index (χ1n) is 3.49. The molecule has 0 aliphatic heterocycles. The van der Waals surface area contributed by atoms with Crippen LogP contribution in [-0.2, 0) is 6.18 Å². The van der Waals surface area contributed by atoms with Gasteiger partial charge in [-0.2, -0.15) is 13.2 Å². The van der Waals surface area contributed by atoms with Crippen LogP contribution in [0, 0.1) is 12.3 Å². The minimum Gasteiger partial charge on any atom is -0.398 e. The van der Waals surface area contributed by atoms with Crippen LogP contribution in [0.3, 0.4) is 0 Å². The van der Waals surface area contributed by atoms with Crippen LogP contribution in [0.25, 0.3) is 0 Å². The van der Waals surface area contributed by atoms with Gasteiger partial charge in [0.05, 0.1) is 5.56 Å². The van der Waals surface area contributed by atoms with Crippen molar-refractivity contribution >= 4 is 21.6 Å². The number of hydrogen-bond acceptors (Lipinski definition) is 1. The van der Waals surface area contributed by atoms with E-state index in [2.05, 4.69) is 21.9 Å². The van der Waals surface area contributed by atoms with Crippen molar-refractivity contribution in [2.75, 3.05) is 5.73 Å². The predicted octanol–water partition coefficient (Wildman–Crippen LogP) is 3.03. The number of nitrogens with two attached hydrogens (primary N) is 1. The number of hydrogen-bond donors (Lipinski definition) is 1. The van der Waals surface area contributed by atoms with E-state index in [1.165, 1.54) is 0 Å².